The predicted molar refractivity (Wildman–Crippen MR) is 83.3 cm³/mol. The maximum atomic E-state index is 11.5. The van der Waals surface area contributed by atoms with Gasteiger partial charge in [0.15, 0.2) is 0 Å². The van der Waals surface area contributed by atoms with E-state index in [9.17, 15) is 4.79 Å². The normalized spacial score (nSPS) is 16.6. The van der Waals surface area contributed by atoms with Crippen LogP contribution in [0.25, 0.3) is 0 Å². The van der Waals surface area contributed by atoms with Crippen LogP contribution in [0, 0.1) is 0 Å². The fraction of sp³-hybridized carbons (Fsp3) is 0.286. The van der Waals surface area contributed by atoms with Gasteiger partial charge in [-0.05, 0) is 12.1 Å². The third-order valence-electron chi connectivity index (χ3n) is 2.83. The van der Waals surface area contributed by atoms with Gasteiger partial charge in [-0.15, -0.1) is 0 Å². The summed E-state index contributed by atoms with van der Waals surface area (Å²) in [4.78, 5) is 17.5. The molecule has 0 saturated carbocycles. The highest BCUT2D eigenvalue weighted by atomic mass is 35.5. The topological polar surface area (TPSA) is 60.4 Å². The Morgan fingerprint density at radius 3 is 2.59 bits per heavy atom. The third kappa shape index (κ3) is 3.64. The zero-order chi connectivity index (χ0) is 16.1. The largest absolute Gasteiger partial charge is 0.489 e. The van der Waals surface area contributed by atoms with Gasteiger partial charge in [0.2, 0.25) is 5.76 Å². The van der Waals surface area contributed by atoms with Crippen LogP contribution in [0.2, 0.25) is 10.0 Å². The molecule has 6 nitrogen and oxygen atoms in total. The fourth-order valence-corrected chi connectivity index (χ4v) is 2.23. The molecule has 0 aromatic heterocycles. The van der Waals surface area contributed by atoms with Crippen molar-refractivity contribution >= 4 is 40.9 Å². The van der Waals surface area contributed by atoms with Crippen molar-refractivity contribution in [2.45, 2.75) is 0 Å². The molecule has 0 N–H and O–H groups in total. The monoisotopic (exact) mass is 344 g/mol. The second-order valence-corrected chi connectivity index (χ2v) is 5.01. The van der Waals surface area contributed by atoms with Gasteiger partial charge in [0, 0.05) is 0 Å². The molecule has 0 atom stereocenters. The number of hydrogen-bond donors (Lipinski definition) is 0. The van der Waals surface area contributed by atoms with Crippen LogP contribution in [0.1, 0.15) is 0 Å². The molecule has 22 heavy (non-hydrogen) atoms. The molecule has 0 unspecified atom stereocenters. The van der Waals surface area contributed by atoms with Crippen molar-refractivity contribution in [1.82, 2.24) is 4.90 Å². The van der Waals surface area contributed by atoms with Crippen molar-refractivity contribution < 1.29 is 19.0 Å². The Morgan fingerprint density at radius 1 is 1.32 bits per heavy atom. The van der Waals surface area contributed by atoms with E-state index >= 15 is 0 Å². The van der Waals surface area contributed by atoms with Crippen LogP contribution in [-0.4, -0.2) is 44.3 Å². The van der Waals surface area contributed by atoms with Gasteiger partial charge in [-0.3, -0.25) is 4.90 Å². The number of rotatable bonds is 4. The molecule has 1 aromatic carbocycles. The first kappa shape index (κ1) is 16.5. The number of esters is 1. The number of hydrogen-bond acceptors (Lipinski definition) is 5. The first-order valence-corrected chi connectivity index (χ1v) is 7.08. The average molecular weight is 345 g/mol. The number of aliphatic imine (C=N–C) groups is 1. The van der Waals surface area contributed by atoms with Crippen molar-refractivity contribution in [3.8, 4) is 0 Å². The van der Waals surface area contributed by atoms with Gasteiger partial charge >= 0.3 is 5.97 Å². The molecule has 1 heterocycles. The van der Waals surface area contributed by atoms with E-state index in [1.807, 2.05) is 0 Å². The quantitative estimate of drug-likeness (QED) is 0.477. The van der Waals surface area contributed by atoms with Crippen molar-refractivity contribution in [2.75, 3.05) is 27.4 Å². The molecule has 8 heteroatoms. The lowest BCUT2D eigenvalue weighted by atomic mass is 10.3. The Kier molecular flexibility index (Phi) is 5.51. The van der Waals surface area contributed by atoms with Crippen LogP contribution in [-0.2, 0) is 19.0 Å². The molecule has 0 aliphatic carbocycles. The Labute approximate surface area is 137 Å². The summed E-state index contributed by atoms with van der Waals surface area (Å²) >= 11 is 12.2. The fourth-order valence-electron chi connectivity index (χ4n) is 1.75. The zero-order valence-electron chi connectivity index (χ0n) is 12.0. The standard InChI is InChI=1S/C14H14Cl2N2O4/c1-20-11(13(19)21-2)8-18-6-7-22-14(18)17-12-9(15)4-3-5-10(12)16/h3-5,8H,6-7H2,1-2H3/b11-8-,17-14+. The minimum atomic E-state index is -0.593. The molecule has 0 bridgehead atoms. The first-order valence-electron chi connectivity index (χ1n) is 6.33. The van der Waals surface area contributed by atoms with Crippen LogP contribution in [0.15, 0.2) is 35.2 Å². The summed E-state index contributed by atoms with van der Waals surface area (Å²) in [5, 5.41) is 0.804. The second kappa shape index (κ2) is 7.38. The second-order valence-electron chi connectivity index (χ2n) is 4.20. The summed E-state index contributed by atoms with van der Waals surface area (Å²) in [5.41, 5.74) is 0.401. The Bertz CT molecular complexity index is 611. The number of amidine groups is 1. The van der Waals surface area contributed by atoms with E-state index in [1.54, 1.807) is 23.1 Å². The van der Waals surface area contributed by atoms with E-state index < -0.39 is 5.97 Å². The molecule has 0 amide bonds. The van der Waals surface area contributed by atoms with Crippen molar-refractivity contribution in [3.05, 3.63) is 40.2 Å². The maximum absolute atomic E-state index is 11.5. The van der Waals surface area contributed by atoms with Gasteiger partial charge in [-0.25, -0.2) is 4.79 Å². The van der Waals surface area contributed by atoms with Crippen LogP contribution in [0.5, 0.6) is 0 Å². The smallest absolute Gasteiger partial charge is 0.374 e. The van der Waals surface area contributed by atoms with Crippen LogP contribution in [0.3, 0.4) is 0 Å². The Hall–Kier alpha value is -1.92. The van der Waals surface area contributed by atoms with E-state index in [0.29, 0.717) is 28.9 Å². The molecular formula is C14H14Cl2N2O4. The van der Waals surface area contributed by atoms with Crippen LogP contribution in [0.4, 0.5) is 5.69 Å². The minimum Gasteiger partial charge on any atom is -0.489 e. The van der Waals surface area contributed by atoms with Gasteiger partial charge in [-0.2, -0.15) is 4.99 Å². The van der Waals surface area contributed by atoms with Crippen molar-refractivity contribution in [1.29, 1.82) is 0 Å². The van der Waals surface area contributed by atoms with Gasteiger partial charge in [0.1, 0.15) is 12.3 Å². The maximum Gasteiger partial charge on any atom is 0.374 e. The third-order valence-corrected chi connectivity index (χ3v) is 3.44. The summed E-state index contributed by atoms with van der Waals surface area (Å²) in [7, 11) is 2.65. The average Bonchev–Trinajstić information content (AvgIpc) is 2.95. The van der Waals surface area contributed by atoms with E-state index in [4.69, 9.17) is 32.7 Å². The minimum absolute atomic E-state index is 0.0333. The molecule has 0 radical (unpaired) electrons. The molecular weight excluding hydrogens is 331 g/mol. The number of carbonyl (C=O) groups excluding carboxylic acids is 1. The molecule has 1 saturated heterocycles. The first-order chi connectivity index (χ1) is 10.6. The number of halogens is 2. The summed E-state index contributed by atoms with van der Waals surface area (Å²) in [6, 6.07) is 5.35. The number of nitrogens with zero attached hydrogens (tertiary/aromatic N) is 2. The highest BCUT2D eigenvalue weighted by Crippen LogP contribution is 2.33. The molecule has 1 aliphatic rings. The van der Waals surface area contributed by atoms with Gasteiger partial charge in [0.25, 0.3) is 6.02 Å². The Morgan fingerprint density at radius 2 is 2.00 bits per heavy atom. The number of carbonyl (C=O) groups is 1. The lowest BCUT2D eigenvalue weighted by Gasteiger charge is -2.13. The lowest BCUT2D eigenvalue weighted by molar-refractivity contribution is -0.139. The number of benzene rings is 1. The highest BCUT2D eigenvalue weighted by molar-refractivity contribution is 6.38. The van der Waals surface area contributed by atoms with E-state index in [-0.39, 0.29) is 11.8 Å². The molecule has 1 fully saturated rings. The SMILES string of the molecule is COC(=O)/C(=C/N1CCO/C1=N/c1c(Cl)cccc1Cl)OC. The summed E-state index contributed by atoms with van der Waals surface area (Å²) in [5.74, 6) is -0.560. The van der Waals surface area contributed by atoms with Gasteiger partial charge < -0.3 is 14.2 Å². The molecule has 2 rings (SSSR count). The van der Waals surface area contributed by atoms with Crippen molar-refractivity contribution in [3.63, 3.8) is 0 Å². The summed E-state index contributed by atoms with van der Waals surface area (Å²) < 4.78 is 15.1. The van der Waals surface area contributed by atoms with Crippen LogP contribution < -0.4 is 0 Å². The van der Waals surface area contributed by atoms with Crippen LogP contribution >= 0.6 is 23.2 Å². The molecule has 1 aromatic rings. The Balaban J connectivity index is 2.33. The summed E-state index contributed by atoms with van der Waals surface area (Å²) in [6.07, 6.45) is 1.46. The number of para-hydroxylation sites is 1. The molecule has 118 valence electrons. The lowest BCUT2D eigenvalue weighted by Crippen LogP contribution is -2.22. The summed E-state index contributed by atoms with van der Waals surface area (Å²) in [6.45, 7) is 0.917. The number of methoxy groups -OCH3 is 2. The molecule has 0 spiro atoms. The van der Waals surface area contributed by atoms with E-state index in [2.05, 4.69) is 9.73 Å². The number of ether oxygens (including phenoxy) is 3. The zero-order valence-corrected chi connectivity index (χ0v) is 13.5. The van der Waals surface area contributed by atoms with Crippen molar-refractivity contribution in [2.24, 2.45) is 4.99 Å². The highest BCUT2D eigenvalue weighted by Gasteiger charge is 2.23. The predicted octanol–water partition coefficient (Wildman–Crippen LogP) is 2.97. The van der Waals surface area contributed by atoms with E-state index in [1.165, 1.54) is 20.4 Å². The van der Waals surface area contributed by atoms with Gasteiger partial charge in [-0.1, -0.05) is 29.3 Å². The van der Waals surface area contributed by atoms with E-state index in [0.717, 1.165) is 0 Å². The van der Waals surface area contributed by atoms with Gasteiger partial charge in [0.05, 0.1) is 37.0 Å². The molecule has 1 aliphatic heterocycles.